The number of hydrogen-bond donors (Lipinski definition) is 4. The fourth-order valence-electron chi connectivity index (χ4n) is 13.0. The number of carbonyl (C=O) groups excluding carboxylic acids is 5. The van der Waals surface area contributed by atoms with Gasteiger partial charge in [-0.1, -0.05) is 92.8 Å². The number of H-pyrrole nitrogens is 1. The van der Waals surface area contributed by atoms with E-state index in [-0.39, 0.29) is 41.5 Å². The summed E-state index contributed by atoms with van der Waals surface area (Å²) in [4.78, 5) is 81.7. The van der Waals surface area contributed by atoms with Gasteiger partial charge in [0.1, 0.15) is 12.1 Å². The van der Waals surface area contributed by atoms with Crippen molar-refractivity contribution in [3.05, 3.63) is 106 Å². The Morgan fingerprint density at radius 3 is 2.06 bits per heavy atom. The maximum absolute atomic E-state index is 14.2. The van der Waals surface area contributed by atoms with Crippen molar-refractivity contribution in [2.75, 3.05) is 90.0 Å². The van der Waals surface area contributed by atoms with Crippen LogP contribution < -0.4 is 21.3 Å². The number of piperazine rings is 2. The number of benzene rings is 3. The number of halogens is 1. The second kappa shape index (κ2) is 26.2. The monoisotopic (exact) mass is 1130 g/mol. The molecule has 5 aliphatic rings. The lowest BCUT2D eigenvalue weighted by Gasteiger charge is -2.46. The van der Waals surface area contributed by atoms with E-state index in [9.17, 15) is 24.0 Å². The summed E-state index contributed by atoms with van der Waals surface area (Å²) in [5.74, 6) is -0.862. The van der Waals surface area contributed by atoms with Crippen LogP contribution in [0.1, 0.15) is 138 Å². The summed E-state index contributed by atoms with van der Waals surface area (Å²) in [6.07, 6.45) is 8.34. The third-order valence-electron chi connectivity index (χ3n) is 17.9. The fraction of sp³-hybridized carbons (Fsp3) is 0.571. The summed E-state index contributed by atoms with van der Waals surface area (Å²) in [5.41, 5.74) is 14.4. The minimum Gasteiger partial charge on any atom is -0.369 e. The largest absolute Gasteiger partial charge is 0.369 e. The lowest BCUT2D eigenvalue weighted by atomic mass is 9.71. The number of nitrogens with two attached hydrogens (primary N) is 1. The van der Waals surface area contributed by atoms with Crippen LogP contribution in [-0.4, -0.2) is 162 Å². The number of rotatable bonds is 19. The number of hydrogen-bond acceptors (Lipinski definition) is 10. The van der Waals surface area contributed by atoms with Gasteiger partial charge in [-0.05, 0) is 141 Å². The summed E-state index contributed by atoms with van der Waals surface area (Å²) in [5, 5.41) is 6.95. The minimum absolute atomic E-state index is 0.156. The molecule has 5 amide bonds. The molecule has 4 atom stereocenters. The lowest BCUT2D eigenvalue weighted by molar-refractivity contribution is -0.144. The molecule has 5 heterocycles. The molecule has 80 heavy (non-hydrogen) atoms. The average Bonchev–Trinajstić information content (AvgIpc) is 3.96. The van der Waals surface area contributed by atoms with Crippen molar-refractivity contribution in [2.24, 2.45) is 16.6 Å². The van der Waals surface area contributed by atoms with Crippen molar-refractivity contribution in [1.29, 1.82) is 0 Å². The van der Waals surface area contributed by atoms with Gasteiger partial charge in [-0.15, -0.1) is 0 Å². The molecule has 1 unspecified atom stereocenters. The van der Waals surface area contributed by atoms with Gasteiger partial charge < -0.3 is 40.3 Å². The molecule has 4 fully saturated rings. The number of unbranched alkanes of at least 4 members (excludes halogenated alkanes) is 1. The zero-order valence-corrected chi connectivity index (χ0v) is 49.9. The topological polar surface area (TPSA) is 171 Å². The van der Waals surface area contributed by atoms with Gasteiger partial charge in [0, 0.05) is 126 Å². The van der Waals surface area contributed by atoms with E-state index < -0.39 is 23.4 Å². The second-order valence-corrected chi connectivity index (χ2v) is 26.2. The summed E-state index contributed by atoms with van der Waals surface area (Å²) in [6.45, 7) is 24.4. The third kappa shape index (κ3) is 14.7. The zero-order valence-electron chi connectivity index (χ0n) is 48.3. The van der Waals surface area contributed by atoms with Crippen molar-refractivity contribution < 1.29 is 24.0 Å². The molecule has 17 heteroatoms. The summed E-state index contributed by atoms with van der Waals surface area (Å²) in [6, 6.07) is 23.2. The molecule has 4 aromatic rings. The molecular weight excluding hydrogens is 1040 g/mol. The van der Waals surface area contributed by atoms with Gasteiger partial charge >= 0.3 is 0 Å². The number of nitrogens with one attached hydrogen (secondary N) is 3. The Balaban J connectivity index is 0.681. The number of allylic oxidation sites excluding steroid dienone is 1. The van der Waals surface area contributed by atoms with Crippen molar-refractivity contribution in [2.45, 2.75) is 136 Å². The maximum atomic E-state index is 14.2. The van der Waals surface area contributed by atoms with Gasteiger partial charge in [0.05, 0.1) is 10.9 Å². The Bertz CT molecular complexity index is 2800. The van der Waals surface area contributed by atoms with E-state index in [1.54, 1.807) is 22.0 Å². The van der Waals surface area contributed by atoms with E-state index >= 15 is 0 Å². The van der Waals surface area contributed by atoms with Crippen LogP contribution in [0.15, 0.2) is 78.4 Å². The van der Waals surface area contributed by atoms with E-state index in [4.69, 9.17) is 17.3 Å². The number of aryl methyl sites for hydroxylation is 1. The summed E-state index contributed by atoms with van der Waals surface area (Å²) in [7, 11) is 0. The van der Waals surface area contributed by atoms with E-state index in [1.165, 1.54) is 16.0 Å². The number of carbonyl (C=O) groups is 5. The van der Waals surface area contributed by atoms with Crippen LogP contribution in [0.2, 0.25) is 5.02 Å². The predicted octanol–water partition coefficient (Wildman–Crippen LogP) is 9.14. The SMILES string of the molecule is Cc1[nH]sc1-c1ccc([C@H](C)NC(=O)C2CCCN2C(=O)[C@@H](NC(=O)CCCCC(=O)N2CCC(N3CCN(C[C@]4(C)CCC(c5ccc(Cl)cc5)=C(CN5CCN(c6ccc(C(N)=O)cc6)CC5)C4)CC3)CC2)C(C)(C)C)cc1. The van der Waals surface area contributed by atoms with E-state index in [0.717, 1.165) is 145 Å². The first kappa shape index (κ1) is 59.1. The van der Waals surface area contributed by atoms with Gasteiger partial charge in [-0.2, -0.15) is 0 Å². The average molecular weight is 1130 g/mol. The van der Waals surface area contributed by atoms with Gasteiger partial charge in [-0.3, -0.25) is 33.8 Å². The van der Waals surface area contributed by atoms with Crippen molar-refractivity contribution >= 4 is 63.9 Å². The first-order valence-corrected chi connectivity index (χ1v) is 30.7. The Morgan fingerprint density at radius 1 is 0.787 bits per heavy atom. The number of primary amides is 1. The number of amides is 5. The molecule has 432 valence electrons. The molecule has 0 saturated carbocycles. The summed E-state index contributed by atoms with van der Waals surface area (Å²) >= 11 is 7.97. The quantitative estimate of drug-likeness (QED) is 0.0669. The lowest BCUT2D eigenvalue weighted by Crippen LogP contribution is -2.57. The first-order valence-electron chi connectivity index (χ1n) is 29.5. The number of likely N-dealkylation sites (tertiary alicyclic amines) is 2. The molecule has 0 radical (unpaired) electrons. The molecule has 1 aliphatic carbocycles. The van der Waals surface area contributed by atoms with Crippen LogP contribution >= 0.6 is 23.1 Å². The van der Waals surface area contributed by atoms with E-state index in [1.807, 2.05) is 81.1 Å². The molecule has 3 aromatic carbocycles. The normalized spacial score (nSPS) is 21.9. The van der Waals surface area contributed by atoms with Crippen LogP contribution in [-0.2, 0) is 19.2 Å². The van der Waals surface area contributed by atoms with E-state index in [0.29, 0.717) is 43.8 Å². The molecule has 0 bridgehead atoms. The highest BCUT2D eigenvalue weighted by Crippen LogP contribution is 2.44. The van der Waals surface area contributed by atoms with E-state index in [2.05, 4.69) is 72.7 Å². The van der Waals surface area contributed by atoms with Crippen LogP contribution in [0.3, 0.4) is 0 Å². The van der Waals surface area contributed by atoms with Crippen molar-refractivity contribution in [3.8, 4) is 10.4 Å². The maximum Gasteiger partial charge on any atom is 0.248 e. The van der Waals surface area contributed by atoms with Crippen LogP contribution in [0.5, 0.6) is 0 Å². The third-order valence-corrected chi connectivity index (χ3v) is 19.3. The first-order chi connectivity index (χ1) is 38.3. The number of piperidine rings is 1. The molecule has 15 nitrogen and oxygen atoms in total. The number of aromatic amines is 1. The Hall–Kier alpha value is -5.52. The molecule has 1 aromatic heterocycles. The minimum atomic E-state index is -0.787. The van der Waals surface area contributed by atoms with Crippen LogP contribution in [0.4, 0.5) is 5.69 Å². The summed E-state index contributed by atoms with van der Waals surface area (Å²) < 4.78 is 3.21. The highest BCUT2D eigenvalue weighted by Gasteiger charge is 2.42. The van der Waals surface area contributed by atoms with Gasteiger partial charge in [-0.25, -0.2) is 0 Å². The standard InChI is InChI=1S/C63H87ClN10O5S/c1-43(45-13-15-47(16-14-45)57-44(2)68-80-57)66-60(78)54-10-9-29-74(54)61(79)58(62(3,4)5)67-55(75)11-7-8-12-56(76)73-30-26-52(27-31-73)72-38-34-70(35-39-72)42-63(6)28-25-53(46-17-21-50(64)22-18-46)49(40-63)41-69-32-36-71(37-33-69)51-23-19-48(20-24-51)59(65)77/h13-24,43,52,54,58,68H,7-12,25-42H2,1-6H3,(H2,65,77)(H,66,78)(H,67,75)/t43-,54?,58+,63+/m0/s1. The van der Waals surface area contributed by atoms with Crippen LogP contribution in [0, 0.1) is 17.8 Å². The Labute approximate surface area is 484 Å². The Kier molecular flexibility index (Phi) is 19.3. The van der Waals surface area contributed by atoms with Gasteiger partial charge in [0.15, 0.2) is 0 Å². The molecule has 4 aliphatic heterocycles. The number of aromatic nitrogens is 1. The zero-order chi connectivity index (χ0) is 56.7. The molecule has 0 spiro atoms. The smallest absolute Gasteiger partial charge is 0.248 e. The van der Waals surface area contributed by atoms with Crippen molar-refractivity contribution in [3.63, 3.8) is 0 Å². The van der Waals surface area contributed by atoms with Crippen molar-refractivity contribution in [1.82, 2.24) is 39.5 Å². The highest BCUT2D eigenvalue weighted by molar-refractivity contribution is 7.11. The van der Waals surface area contributed by atoms with Gasteiger partial charge in [0.25, 0.3) is 0 Å². The van der Waals surface area contributed by atoms with Gasteiger partial charge in [0.2, 0.25) is 29.5 Å². The second-order valence-electron chi connectivity index (χ2n) is 24.9. The fourth-order valence-corrected chi connectivity index (χ4v) is 13.8. The molecule has 4 saturated heterocycles. The predicted molar refractivity (Wildman–Crippen MR) is 322 cm³/mol. The molecular formula is C63H87ClN10O5S. The molecule has 5 N–H and O–H groups in total. The highest BCUT2D eigenvalue weighted by atomic mass is 35.5. The molecule has 9 rings (SSSR count). The Morgan fingerprint density at radius 2 is 1.44 bits per heavy atom. The number of anilines is 1. The number of nitrogens with zero attached hydrogens (tertiary/aromatic N) is 6. The van der Waals surface area contributed by atoms with Crippen LogP contribution in [0.25, 0.3) is 16.0 Å².